The number of pyridine rings is 1. The molecule has 0 radical (unpaired) electrons. The predicted octanol–water partition coefficient (Wildman–Crippen LogP) is 3.83. The third kappa shape index (κ3) is 1.35. The summed E-state index contributed by atoms with van der Waals surface area (Å²) in [5.74, 6) is 0. The Labute approximate surface area is 98.7 Å². The molecule has 2 heterocycles. The molecule has 0 amide bonds. The van der Waals surface area contributed by atoms with Gasteiger partial charge in [-0.1, -0.05) is 18.2 Å². The van der Waals surface area contributed by atoms with E-state index in [0.717, 1.165) is 22.1 Å². The summed E-state index contributed by atoms with van der Waals surface area (Å²) in [6, 6.07) is 8.02. The molecular weight excluding hydrogens is 215 g/mol. The average molecular weight is 228 g/mol. The summed E-state index contributed by atoms with van der Waals surface area (Å²) in [6.45, 7) is 3.52. The highest BCUT2D eigenvalue weighted by molar-refractivity contribution is 5.87. The maximum absolute atomic E-state index is 13.8. The minimum absolute atomic E-state index is 0.689. The van der Waals surface area contributed by atoms with Crippen LogP contribution >= 0.6 is 0 Å². The lowest BCUT2D eigenvalue weighted by atomic mass is 10.0. The van der Waals surface area contributed by atoms with Crippen LogP contribution in [0.1, 0.15) is 24.2 Å². The quantitative estimate of drug-likeness (QED) is 0.618. The lowest BCUT2D eigenvalue weighted by molar-refractivity contribution is 0.374. The summed E-state index contributed by atoms with van der Waals surface area (Å²) < 4.78 is 15.7. The Balaban J connectivity index is 2.61. The minimum atomic E-state index is -1.01. The van der Waals surface area contributed by atoms with Crippen LogP contribution in [0.5, 0.6) is 0 Å². The summed E-state index contributed by atoms with van der Waals surface area (Å²) in [5.41, 5.74) is 3.46. The number of imidazole rings is 1. The van der Waals surface area contributed by atoms with Crippen molar-refractivity contribution in [1.29, 1.82) is 0 Å². The fourth-order valence-electron chi connectivity index (χ4n) is 2.49. The molecule has 0 bridgehead atoms. The normalized spacial score (nSPS) is 13.4. The van der Waals surface area contributed by atoms with Crippen LogP contribution in [-0.4, -0.2) is 9.38 Å². The van der Waals surface area contributed by atoms with Crippen LogP contribution in [-0.2, 0) is 0 Å². The number of rotatable bonds is 1. The number of alkyl halides is 1. The van der Waals surface area contributed by atoms with Gasteiger partial charge in [-0.25, -0.2) is 9.37 Å². The SMILES string of the molecule is Cc1c(C(C)F)c2nccn2c2ccccc12. The lowest BCUT2D eigenvalue weighted by Crippen LogP contribution is -1.99. The van der Waals surface area contributed by atoms with E-state index in [1.165, 1.54) is 0 Å². The van der Waals surface area contributed by atoms with E-state index in [-0.39, 0.29) is 0 Å². The van der Waals surface area contributed by atoms with Crippen LogP contribution < -0.4 is 0 Å². The molecule has 0 fully saturated rings. The maximum atomic E-state index is 13.8. The molecule has 3 aromatic rings. The van der Waals surface area contributed by atoms with Crippen molar-refractivity contribution in [2.45, 2.75) is 20.0 Å². The molecule has 0 saturated carbocycles. The van der Waals surface area contributed by atoms with Crippen LogP contribution in [0, 0.1) is 6.92 Å². The Morgan fingerprint density at radius 3 is 2.82 bits per heavy atom. The summed E-state index contributed by atoms with van der Waals surface area (Å²) in [4.78, 5) is 4.27. The van der Waals surface area contributed by atoms with Crippen molar-refractivity contribution >= 4 is 16.6 Å². The number of fused-ring (bicyclic) bond motifs is 3. The Hall–Kier alpha value is -1.90. The number of aromatic nitrogens is 2. The van der Waals surface area contributed by atoms with Gasteiger partial charge in [-0.3, -0.25) is 4.40 Å². The smallest absolute Gasteiger partial charge is 0.143 e. The van der Waals surface area contributed by atoms with Gasteiger partial charge < -0.3 is 0 Å². The molecule has 17 heavy (non-hydrogen) atoms. The number of nitrogens with zero attached hydrogens (tertiary/aromatic N) is 2. The van der Waals surface area contributed by atoms with E-state index in [1.54, 1.807) is 13.1 Å². The van der Waals surface area contributed by atoms with Gasteiger partial charge in [-0.05, 0) is 25.5 Å². The minimum Gasteiger partial charge on any atom is -0.299 e. The van der Waals surface area contributed by atoms with Gasteiger partial charge in [-0.2, -0.15) is 0 Å². The van der Waals surface area contributed by atoms with E-state index >= 15 is 0 Å². The number of para-hydroxylation sites is 1. The van der Waals surface area contributed by atoms with E-state index in [9.17, 15) is 4.39 Å². The molecular formula is C14H13FN2. The first-order chi connectivity index (χ1) is 8.20. The Kier molecular flexibility index (Phi) is 2.15. The molecule has 2 aromatic heterocycles. The molecule has 1 aromatic carbocycles. The Morgan fingerprint density at radius 2 is 2.06 bits per heavy atom. The first-order valence-electron chi connectivity index (χ1n) is 5.68. The summed E-state index contributed by atoms with van der Waals surface area (Å²) >= 11 is 0. The van der Waals surface area contributed by atoms with Gasteiger partial charge in [0, 0.05) is 23.3 Å². The third-order valence-corrected chi connectivity index (χ3v) is 3.25. The first-order valence-corrected chi connectivity index (χ1v) is 5.68. The molecule has 0 spiro atoms. The molecule has 0 aliphatic heterocycles. The molecule has 3 rings (SSSR count). The molecule has 1 unspecified atom stereocenters. The molecule has 0 aliphatic rings. The highest BCUT2D eigenvalue weighted by atomic mass is 19.1. The zero-order chi connectivity index (χ0) is 12.0. The fraction of sp³-hybridized carbons (Fsp3) is 0.214. The van der Waals surface area contributed by atoms with Gasteiger partial charge in [0.25, 0.3) is 0 Å². The standard InChI is InChI=1S/C14H13FN2/c1-9-11-5-3-4-6-12(11)17-8-7-16-14(17)13(9)10(2)15/h3-8,10H,1-2H3. The van der Waals surface area contributed by atoms with Crippen molar-refractivity contribution in [1.82, 2.24) is 9.38 Å². The van der Waals surface area contributed by atoms with E-state index in [0.29, 0.717) is 5.56 Å². The number of benzene rings is 1. The average Bonchev–Trinajstić information content (AvgIpc) is 2.78. The van der Waals surface area contributed by atoms with Crippen molar-refractivity contribution in [2.24, 2.45) is 0 Å². The molecule has 2 nitrogen and oxygen atoms in total. The summed E-state index contributed by atoms with van der Waals surface area (Å²) in [6.07, 6.45) is 2.58. The van der Waals surface area contributed by atoms with Crippen LogP contribution in [0.15, 0.2) is 36.7 Å². The second-order valence-corrected chi connectivity index (χ2v) is 4.29. The van der Waals surface area contributed by atoms with Crippen LogP contribution in [0.25, 0.3) is 16.6 Å². The first kappa shape index (κ1) is 10.3. The number of halogens is 1. The molecule has 0 aliphatic carbocycles. The van der Waals surface area contributed by atoms with Gasteiger partial charge in [0.1, 0.15) is 11.8 Å². The van der Waals surface area contributed by atoms with Crippen LogP contribution in [0.3, 0.4) is 0 Å². The Morgan fingerprint density at radius 1 is 1.29 bits per heavy atom. The van der Waals surface area contributed by atoms with E-state index in [1.807, 2.05) is 41.8 Å². The highest BCUT2D eigenvalue weighted by Gasteiger charge is 2.16. The largest absolute Gasteiger partial charge is 0.299 e. The molecule has 3 heteroatoms. The fourth-order valence-corrected chi connectivity index (χ4v) is 2.49. The molecule has 0 N–H and O–H groups in total. The monoisotopic (exact) mass is 228 g/mol. The zero-order valence-corrected chi connectivity index (χ0v) is 9.81. The second kappa shape index (κ2) is 3.55. The molecule has 86 valence electrons. The van der Waals surface area contributed by atoms with E-state index in [4.69, 9.17) is 0 Å². The van der Waals surface area contributed by atoms with Crippen LogP contribution in [0.4, 0.5) is 4.39 Å². The van der Waals surface area contributed by atoms with Gasteiger partial charge in [-0.15, -0.1) is 0 Å². The number of hydrogen-bond acceptors (Lipinski definition) is 1. The highest BCUT2D eigenvalue weighted by Crippen LogP contribution is 2.31. The van der Waals surface area contributed by atoms with E-state index < -0.39 is 6.17 Å². The predicted molar refractivity (Wildman–Crippen MR) is 67.0 cm³/mol. The zero-order valence-electron chi connectivity index (χ0n) is 9.81. The summed E-state index contributed by atoms with van der Waals surface area (Å²) in [7, 11) is 0. The van der Waals surface area contributed by atoms with Crippen molar-refractivity contribution in [3.8, 4) is 0 Å². The second-order valence-electron chi connectivity index (χ2n) is 4.29. The van der Waals surface area contributed by atoms with Gasteiger partial charge >= 0.3 is 0 Å². The van der Waals surface area contributed by atoms with Crippen molar-refractivity contribution in [2.75, 3.05) is 0 Å². The third-order valence-electron chi connectivity index (χ3n) is 3.25. The number of hydrogen-bond donors (Lipinski definition) is 0. The number of aryl methyl sites for hydroxylation is 1. The molecule has 1 atom stereocenters. The van der Waals surface area contributed by atoms with Crippen molar-refractivity contribution < 1.29 is 4.39 Å². The molecule has 0 saturated heterocycles. The summed E-state index contributed by atoms with van der Waals surface area (Å²) in [5, 5.41) is 1.08. The maximum Gasteiger partial charge on any atom is 0.143 e. The van der Waals surface area contributed by atoms with Crippen LogP contribution in [0.2, 0.25) is 0 Å². The topological polar surface area (TPSA) is 17.3 Å². The van der Waals surface area contributed by atoms with Gasteiger partial charge in [0.05, 0.1) is 5.52 Å². The van der Waals surface area contributed by atoms with E-state index in [2.05, 4.69) is 4.98 Å². The van der Waals surface area contributed by atoms with Gasteiger partial charge in [0.15, 0.2) is 0 Å². The van der Waals surface area contributed by atoms with Crippen molar-refractivity contribution in [3.05, 3.63) is 47.8 Å². The van der Waals surface area contributed by atoms with Gasteiger partial charge in [0.2, 0.25) is 0 Å². The lowest BCUT2D eigenvalue weighted by Gasteiger charge is -2.13. The van der Waals surface area contributed by atoms with Crippen molar-refractivity contribution in [3.63, 3.8) is 0 Å². The Bertz CT molecular complexity index is 698.